The molecule has 0 unspecified atom stereocenters. The highest BCUT2D eigenvalue weighted by Crippen LogP contribution is 2.14. The van der Waals surface area contributed by atoms with Gasteiger partial charge in [0.05, 0.1) is 0 Å². The second-order valence-electron chi connectivity index (χ2n) is 4.27. The SMILES string of the molecule is Nc1ccc(NC(=O)[C@@H](Cl)Cc2ccccc2)cc1. The molecule has 0 heterocycles. The van der Waals surface area contributed by atoms with Crippen molar-refractivity contribution in [3.63, 3.8) is 0 Å². The Morgan fingerprint density at radius 1 is 1.11 bits per heavy atom. The van der Waals surface area contributed by atoms with Gasteiger partial charge in [-0.25, -0.2) is 0 Å². The zero-order chi connectivity index (χ0) is 13.7. The Kier molecular flexibility index (Phi) is 4.42. The molecule has 98 valence electrons. The van der Waals surface area contributed by atoms with E-state index in [0.717, 1.165) is 5.56 Å². The van der Waals surface area contributed by atoms with E-state index in [2.05, 4.69) is 5.32 Å². The first-order valence-corrected chi connectivity index (χ1v) is 6.43. The Morgan fingerprint density at radius 2 is 1.74 bits per heavy atom. The molecular weight excluding hydrogens is 260 g/mol. The van der Waals surface area contributed by atoms with Gasteiger partial charge in [-0.05, 0) is 36.2 Å². The van der Waals surface area contributed by atoms with Crippen molar-refractivity contribution in [2.45, 2.75) is 11.8 Å². The second kappa shape index (κ2) is 6.25. The lowest BCUT2D eigenvalue weighted by Gasteiger charge is -2.10. The number of carbonyl (C=O) groups excluding carboxylic acids is 1. The molecule has 0 spiro atoms. The molecule has 1 amide bonds. The van der Waals surface area contributed by atoms with E-state index < -0.39 is 5.38 Å². The predicted molar refractivity (Wildman–Crippen MR) is 79.3 cm³/mol. The average Bonchev–Trinajstić information content (AvgIpc) is 2.42. The number of alkyl halides is 1. The summed E-state index contributed by atoms with van der Waals surface area (Å²) in [5.74, 6) is -0.213. The van der Waals surface area contributed by atoms with Crippen molar-refractivity contribution in [1.29, 1.82) is 0 Å². The molecule has 19 heavy (non-hydrogen) atoms. The fourth-order valence-electron chi connectivity index (χ4n) is 1.70. The lowest BCUT2D eigenvalue weighted by atomic mass is 10.1. The van der Waals surface area contributed by atoms with Crippen LogP contribution in [0.15, 0.2) is 54.6 Å². The molecule has 0 aliphatic rings. The molecule has 0 bridgehead atoms. The molecule has 2 aromatic carbocycles. The van der Waals surface area contributed by atoms with E-state index in [1.165, 1.54) is 0 Å². The maximum absolute atomic E-state index is 11.9. The molecule has 0 aliphatic heterocycles. The van der Waals surface area contributed by atoms with Crippen LogP contribution in [-0.4, -0.2) is 11.3 Å². The number of rotatable bonds is 4. The molecule has 2 aromatic rings. The Labute approximate surface area is 117 Å². The van der Waals surface area contributed by atoms with Gasteiger partial charge in [-0.15, -0.1) is 11.6 Å². The van der Waals surface area contributed by atoms with Gasteiger partial charge in [0.2, 0.25) is 5.91 Å². The number of carbonyl (C=O) groups is 1. The van der Waals surface area contributed by atoms with Crippen LogP contribution in [0.4, 0.5) is 11.4 Å². The molecule has 0 fully saturated rings. The maximum atomic E-state index is 11.9. The van der Waals surface area contributed by atoms with Gasteiger partial charge in [0.25, 0.3) is 0 Å². The van der Waals surface area contributed by atoms with E-state index in [9.17, 15) is 4.79 Å². The largest absolute Gasteiger partial charge is 0.399 e. The number of benzene rings is 2. The maximum Gasteiger partial charge on any atom is 0.242 e. The third-order valence-electron chi connectivity index (χ3n) is 2.72. The summed E-state index contributed by atoms with van der Waals surface area (Å²) in [6.07, 6.45) is 0.503. The van der Waals surface area contributed by atoms with Crippen LogP contribution < -0.4 is 11.1 Å². The van der Waals surface area contributed by atoms with Crippen LogP contribution in [0, 0.1) is 0 Å². The van der Waals surface area contributed by atoms with Gasteiger partial charge in [-0.1, -0.05) is 30.3 Å². The summed E-state index contributed by atoms with van der Waals surface area (Å²) < 4.78 is 0. The summed E-state index contributed by atoms with van der Waals surface area (Å²) in [7, 11) is 0. The minimum absolute atomic E-state index is 0.213. The van der Waals surface area contributed by atoms with Crippen molar-refractivity contribution in [2.24, 2.45) is 0 Å². The molecular formula is C15H15ClN2O. The fourth-order valence-corrected chi connectivity index (χ4v) is 1.93. The zero-order valence-electron chi connectivity index (χ0n) is 10.3. The van der Waals surface area contributed by atoms with E-state index in [0.29, 0.717) is 17.8 Å². The fraction of sp³-hybridized carbons (Fsp3) is 0.133. The third-order valence-corrected chi connectivity index (χ3v) is 3.07. The van der Waals surface area contributed by atoms with Gasteiger partial charge in [0.1, 0.15) is 5.38 Å². The minimum atomic E-state index is -0.597. The monoisotopic (exact) mass is 274 g/mol. The van der Waals surface area contributed by atoms with Crippen LogP contribution >= 0.6 is 11.6 Å². The van der Waals surface area contributed by atoms with Gasteiger partial charge >= 0.3 is 0 Å². The first-order chi connectivity index (χ1) is 9.15. The summed E-state index contributed by atoms with van der Waals surface area (Å²) in [4.78, 5) is 11.9. The first-order valence-electron chi connectivity index (χ1n) is 5.99. The third kappa shape index (κ3) is 4.00. The van der Waals surface area contributed by atoms with E-state index in [4.69, 9.17) is 17.3 Å². The zero-order valence-corrected chi connectivity index (χ0v) is 11.1. The number of anilines is 2. The smallest absolute Gasteiger partial charge is 0.242 e. The van der Waals surface area contributed by atoms with Gasteiger partial charge in [-0.2, -0.15) is 0 Å². The van der Waals surface area contributed by atoms with Gasteiger partial charge in [0, 0.05) is 11.4 Å². The van der Waals surface area contributed by atoms with Gasteiger partial charge < -0.3 is 11.1 Å². The van der Waals surface area contributed by atoms with Crippen LogP contribution in [0.25, 0.3) is 0 Å². The van der Waals surface area contributed by atoms with Crippen molar-refractivity contribution < 1.29 is 4.79 Å². The topological polar surface area (TPSA) is 55.1 Å². The molecule has 0 aliphatic carbocycles. The predicted octanol–water partition coefficient (Wildman–Crippen LogP) is 3.06. The molecule has 4 heteroatoms. The molecule has 3 nitrogen and oxygen atoms in total. The Balaban J connectivity index is 1.94. The summed E-state index contributed by atoms with van der Waals surface area (Å²) in [6, 6.07) is 16.7. The highest BCUT2D eigenvalue weighted by Gasteiger charge is 2.15. The lowest BCUT2D eigenvalue weighted by molar-refractivity contribution is -0.115. The number of nitrogens with one attached hydrogen (secondary N) is 1. The standard InChI is InChI=1S/C15H15ClN2O/c16-14(10-11-4-2-1-3-5-11)15(19)18-13-8-6-12(17)7-9-13/h1-9,14H,10,17H2,(H,18,19)/t14-/m0/s1. The number of hydrogen-bond donors (Lipinski definition) is 2. The summed E-state index contributed by atoms with van der Waals surface area (Å²) in [5, 5.41) is 2.17. The van der Waals surface area contributed by atoms with Crippen LogP contribution in [0.3, 0.4) is 0 Å². The van der Waals surface area contributed by atoms with Crippen molar-refractivity contribution in [3.05, 3.63) is 60.2 Å². The number of halogens is 1. The molecule has 1 atom stereocenters. The minimum Gasteiger partial charge on any atom is -0.399 e. The van der Waals surface area contributed by atoms with Crippen LogP contribution in [0.5, 0.6) is 0 Å². The first kappa shape index (κ1) is 13.4. The van der Waals surface area contributed by atoms with Crippen molar-refractivity contribution in [1.82, 2.24) is 0 Å². The summed E-state index contributed by atoms with van der Waals surface area (Å²) in [5.41, 5.74) is 7.97. The summed E-state index contributed by atoms with van der Waals surface area (Å²) in [6.45, 7) is 0. The van der Waals surface area contributed by atoms with E-state index >= 15 is 0 Å². The van der Waals surface area contributed by atoms with E-state index in [-0.39, 0.29) is 5.91 Å². The van der Waals surface area contributed by atoms with Crippen molar-refractivity contribution in [2.75, 3.05) is 11.1 Å². The molecule has 2 rings (SSSR count). The molecule has 0 saturated heterocycles. The van der Waals surface area contributed by atoms with Crippen molar-refractivity contribution in [3.8, 4) is 0 Å². The number of amides is 1. The van der Waals surface area contributed by atoms with Gasteiger partial charge in [-0.3, -0.25) is 4.79 Å². The molecule has 0 radical (unpaired) electrons. The van der Waals surface area contributed by atoms with Gasteiger partial charge in [0.15, 0.2) is 0 Å². The second-order valence-corrected chi connectivity index (χ2v) is 4.80. The van der Waals surface area contributed by atoms with E-state index in [1.807, 2.05) is 30.3 Å². The Morgan fingerprint density at radius 3 is 2.37 bits per heavy atom. The molecule has 3 N–H and O–H groups in total. The average molecular weight is 275 g/mol. The Bertz CT molecular complexity index is 540. The normalized spacial score (nSPS) is 11.8. The van der Waals surface area contributed by atoms with Crippen LogP contribution in [0.2, 0.25) is 0 Å². The number of hydrogen-bond acceptors (Lipinski definition) is 2. The highest BCUT2D eigenvalue weighted by atomic mass is 35.5. The summed E-state index contributed by atoms with van der Waals surface area (Å²) >= 11 is 6.11. The number of nitrogens with two attached hydrogens (primary N) is 1. The lowest BCUT2D eigenvalue weighted by Crippen LogP contribution is -2.25. The van der Waals surface area contributed by atoms with Crippen molar-refractivity contribution >= 4 is 28.9 Å². The highest BCUT2D eigenvalue weighted by molar-refractivity contribution is 6.32. The number of nitrogen functional groups attached to an aromatic ring is 1. The quantitative estimate of drug-likeness (QED) is 0.665. The molecule has 0 aromatic heterocycles. The van der Waals surface area contributed by atoms with E-state index in [1.54, 1.807) is 24.3 Å². The van der Waals surface area contributed by atoms with Crippen LogP contribution in [0.1, 0.15) is 5.56 Å². The molecule has 0 saturated carbocycles. The Hall–Kier alpha value is -2.00. The van der Waals surface area contributed by atoms with Crippen LogP contribution in [-0.2, 0) is 11.2 Å².